The van der Waals surface area contributed by atoms with E-state index in [1.165, 1.54) is 67.3 Å². The second-order valence-electron chi connectivity index (χ2n) is 6.84. The molecule has 0 radical (unpaired) electrons. The lowest BCUT2D eigenvalue weighted by Crippen LogP contribution is -2.12. The number of benzene rings is 1. The number of hydrogen-bond acceptors (Lipinski definition) is 3. The quantitative estimate of drug-likeness (QED) is 0.591. The lowest BCUT2D eigenvalue weighted by atomic mass is 9.92. The van der Waals surface area contributed by atoms with E-state index in [0.717, 1.165) is 30.7 Å². The number of halogens is 1. The van der Waals surface area contributed by atoms with Gasteiger partial charge in [-0.1, -0.05) is 32.6 Å². The van der Waals surface area contributed by atoms with Crippen molar-refractivity contribution in [2.24, 2.45) is 0 Å². The molecule has 0 aliphatic heterocycles. The van der Waals surface area contributed by atoms with Crippen LogP contribution >= 0.6 is 12.4 Å². The number of nitrogens with zero attached hydrogens (tertiary/aromatic N) is 1. The van der Waals surface area contributed by atoms with Crippen LogP contribution in [0.1, 0.15) is 63.1 Å². The van der Waals surface area contributed by atoms with Gasteiger partial charge in [0.2, 0.25) is 0 Å². The highest BCUT2D eigenvalue weighted by Crippen LogP contribution is 2.35. The molecule has 0 bridgehead atoms. The molecule has 2 aromatic rings. The Morgan fingerprint density at radius 3 is 2.68 bits per heavy atom. The van der Waals surface area contributed by atoms with E-state index in [4.69, 9.17) is 9.72 Å². The minimum Gasteiger partial charge on any atom is -0.497 e. The largest absolute Gasteiger partial charge is 0.497 e. The summed E-state index contributed by atoms with van der Waals surface area (Å²) in [5.74, 6) is 0.908. The molecule has 0 saturated carbocycles. The molecule has 3 nitrogen and oxygen atoms in total. The molecule has 138 valence electrons. The van der Waals surface area contributed by atoms with Gasteiger partial charge in [-0.2, -0.15) is 0 Å². The number of unbranched alkanes of at least 4 members (excludes halogenated alkanes) is 4. The summed E-state index contributed by atoms with van der Waals surface area (Å²) >= 11 is 0. The molecular weight excluding hydrogens is 332 g/mol. The zero-order valence-electron chi connectivity index (χ0n) is 15.6. The molecule has 0 fully saturated rings. The lowest BCUT2D eigenvalue weighted by Gasteiger charge is -2.22. The zero-order valence-corrected chi connectivity index (χ0v) is 16.4. The van der Waals surface area contributed by atoms with E-state index in [1.807, 2.05) is 6.07 Å². The number of nitrogens with one attached hydrogen (secondary N) is 1. The van der Waals surface area contributed by atoms with Gasteiger partial charge in [-0.3, -0.25) is 4.98 Å². The average molecular weight is 363 g/mol. The van der Waals surface area contributed by atoms with E-state index in [-0.39, 0.29) is 12.4 Å². The summed E-state index contributed by atoms with van der Waals surface area (Å²) in [7, 11) is 1.73. The Morgan fingerprint density at radius 2 is 1.88 bits per heavy atom. The third-order valence-corrected chi connectivity index (χ3v) is 5.05. The second-order valence-corrected chi connectivity index (χ2v) is 6.84. The molecule has 1 aliphatic rings. The van der Waals surface area contributed by atoms with Crippen molar-refractivity contribution in [3.8, 4) is 5.75 Å². The summed E-state index contributed by atoms with van der Waals surface area (Å²) in [6, 6.07) is 6.24. The number of rotatable bonds is 8. The number of anilines is 1. The fourth-order valence-corrected chi connectivity index (χ4v) is 3.67. The first-order chi connectivity index (χ1) is 11.8. The maximum Gasteiger partial charge on any atom is 0.119 e. The van der Waals surface area contributed by atoms with E-state index in [2.05, 4.69) is 24.4 Å². The van der Waals surface area contributed by atoms with Crippen LogP contribution in [0.5, 0.6) is 5.75 Å². The first-order valence-corrected chi connectivity index (χ1v) is 9.57. The molecule has 3 rings (SSSR count). The maximum absolute atomic E-state index is 5.44. The minimum atomic E-state index is 0. The third-order valence-electron chi connectivity index (χ3n) is 5.05. The van der Waals surface area contributed by atoms with Crippen LogP contribution in [-0.2, 0) is 12.8 Å². The Kier molecular flexibility index (Phi) is 7.83. The van der Waals surface area contributed by atoms with E-state index in [9.17, 15) is 0 Å². The van der Waals surface area contributed by atoms with Crippen LogP contribution in [0.4, 0.5) is 5.69 Å². The minimum absolute atomic E-state index is 0. The van der Waals surface area contributed by atoms with Crippen molar-refractivity contribution in [2.45, 2.75) is 64.7 Å². The molecule has 4 heteroatoms. The van der Waals surface area contributed by atoms with Gasteiger partial charge in [0, 0.05) is 23.3 Å². The van der Waals surface area contributed by atoms with Crippen LogP contribution in [0.25, 0.3) is 10.9 Å². The topological polar surface area (TPSA) is 34.2 Å². The molecule has 1 aliphatic carbocycles. The summed E-state index contributed by atoms with van der Waals surface area (Å²) in [6.45, 7) is 3.31. The van der Waals surface area contributed by atoms with Gasteiger partial charge >= 0.3 is 0 Å². The molecule has 25 heavy (non-hydrogen) atoms. The highest BCUT2D eigenvalue weighted by molar-refractivity contribution is 5.94. The van der Waals surface area contributed by atoms with Crippen molar-refractivity contribution in [3.63, 3.8) is 0 Å². The van der Waals surface area contributed by atoms with Crippen molar-refractivity contribution in [2.75, 3.05) is 19.0 Å². The van der Waals surface area contributed by atoms with Crippen molar-refractivity contribution >= 4 is 29.0 Å². The first kappa shape index (κ1) is 19.8. The highest BCUT2D eigenvalue weighted by atomic mass is 35.5. The predicted octanol–water partition coefficient (Wildman–Crippen LogP) is 5.93. The average Bonchev–Trinajstić information content (AvgIpc) is 2.63. The molecule has 1 aromatic carbocycles. The summed E-state index contributed by atoms with van der Waals surface area (Å²) in [6.07, 6.45) is 11.4. The van der Waals surface area contributed by atoms with Crippen LogP contribution in [0, 0.1) is 0 Å². The summed E-state index contributed by atoms with van der Waals surface area (Å²) in [4.78, 5) is 4.93. The first-order valence-electron chi connectivity index (χ1n) is 9.57. The zero-order chi connectivity index (χ0) is 16.8. The molecule has 0 amide bonds. The number of aryl methyl sites for hydroxylation is 1. The second kappa shape index (κ2) is 9.86. The number of pyridine rings is 1. The van der Waals surface area contributed by atoms with Gasteiger partial charge in [0.05, 0.1) is 12.6 Å². The Balaban J connectivity index is 0.00000225. The van der Waals surface area contributed by atoms with Gasteiger partial charge in [-0.05, 0) is 55.9 Å². The van der Waals surface area contributed by atoms with E-state index in [1.54, 1.807) is 7.11 Å². The van der Waals surface area contributed by atoms with Gasteiger partial charge in [0.25, 0.3) is 0 Å². The molecule has 0 spiro atoms. The smallest absolute Gasteiger partial charge is 0.119 e. The monoisotopic (exact) mass is 362 g/mol. The lowest BCUT2D eigenvalue weighted by molar-refractivity contribution is 0.415. The SMILES string of the molecule is CCCCCCCNc1c2c(nc3ccc(OC)cc13)CCCC2.Cl. The Hall–Kier alpha value is -1.48. The summed E-state index contributed by atoms with van der Waals surface area (Å²) in [5, 5.41) is 4.96. The van der Waals surface area contributed by atoms with E-state index < -0.39 is 0 Å². The molecule has 0 saturated heterocycles. The van der Waals surface area contributed by atoms with Crippen LogP contribution in [0.15, 0.2) is 18.2 Å². The van der Waals surface area contributed by atoms with Crippen molar-refractivity contribution in [1.82, 2.24) is 4.98 Å². The van der Waals surface area contributed by atoms with Crippen LogP contribution < -0.4 is 10.1 Å². The number of fused-ring (bicyclic) bond motifs is 2. The van der Waals surface area contributed by atoms with Gasteiger partial charge < -0.3 is 10.1 Å². The summed E-state index contributed by atoms with van der Waals surface area (Å²) < 4.78 is 5.44. The fourth-order valence-electron chi connectivity index (χ4n) is 3.67. The molecule has 1 N–H and O–H groups in total. The molecule has 0 unspecified atom stereocenters. The normalized spacial score (nSPS) is 13.2. The number of aromatic nitrogens is 1. The molecular formula is C21H31ClN2O. The predicted molar refractivity (Wildman–Crippen MR) is 109 cm³/mol. The summed E-state index contributed by atoms with van der Waals surface area (Å²) in [5.41, 5.74) is 5.14. The maximum atomic E-state index is 5.44. The van der Waals surface area contributed by atoms with E-state index in [0.29, 0.717) is 0 Å². The molecule has 1 aromatic heterocycles. The standard InChI is InChI=1S/C21H30N2O.ClH/c1-3-4-5-6-9-14-22-21-17-10-7-8-11-19(17)23-20-13-12-16(24-2)15-18(20)21;/h12-13,15H,3-11,14H2,1-2H3,(H,22,23);1H. The van der Waals surface area contributed by atoms with Gasteiger partial charge in [-0.25, -0.2) is 0 Å². The number of hydrogen-bond donors (Lipinski definition) is 1. The Labute approximate surface area is 158 Å². The highest BCUT2D eigenvalue weighted by Gasteiger charge is 2.18. The number of methoxy groups -OCH3 is 1. The van der Waals surface area contributed by atoms with Crippen LogP contribution in [0.3, 0.4) is 0 Å². The van der Waals surface area contributed by atoms with Gasteiger partial charge in [0.15, 0.2) is 0 Å². The number of ether oxygens (including phenoxy) is 1. The van der Waals surface area contributed by atoms with Crippen molar-refractivity contribution < 1.29 is 4.74 Å². The molecule has 0 atom stereocenters. The van der Waals surface area contributed by atoms with Crippen molar-refractivity contribution in [1.29, 1.82) is 0 Å². The van der Waals surface area contributed by atoms with Crippen LogP contribution in [-0.4, -0.2) is 18.6 Å². The van der Waals surface area contributed by atoms with Crippen molar-refractivity contribution in [3.05, 3.63) is 29.5 Å². The van der Waals surface area contributed by atoms with E-state index >= 15 is 0 Å². The van der Waals surface area contributed by atoms with Gasteiger partial charge in [0.1, 0.15) is 5.75 Å². The fraction of sp³-hybridized carbons (Fsp3) is 0.571. The van der Waals surface area contributed by atoms with Crippen LogP contribution in [0.2, 0.25) is 0 Å². The Bertz CT molecular complexity index is 687. The van der Waals surface area contributed by atoms with Gasteiger partial charge in [-0.15, -0.1) is 12.4 Å². The molecule has 1 heterocycles. The Morgan fingerprint density at radius 1 is 1.08 bits per heavy atom. The third kappa shape index (κ3) is 4.78.